The van der Waals surface area contributed by atoms with Crippen LogP contribution in [0.1, 0.15) is 74.3 Å². The zero-order valence-electron chi connectivity index (χ0n) is 27.2. The fraction of sp³-hybridized carbons (Fsp3) is 0.297. The minimum atomic E-state index is -0.232. The largest absolute Gasteiger partial charge is 0.464 e. The number of nitrogens with zero attached hydrogens (tertiary/aromatic N) is 3. The molecule has 0 saturated heterocycles. The minimum Gasteiger partial charge on any atom is -0.464 e. The van der Waals surface area contributed by atoms with Gasteiger partial charge in [-0.25, -0.2) is 4.98 Å². The minimum absolute atomic E-state index is 0.189. The Bertz CT molecular complexity index is 1680. The summed E-state index contributed by atoms with van der Waals surface area (Å²) in [5, 5.41) is 9.21. The van der Waals surface area contributed by atoms with Crippen LogP contribution in [0.3, 0.4) is 0 Å². The maximum Gasteiger partial charge on any atom is 0.254 e. The molecule has 0 spiro atoms. The van der Waals surface area contributed by atoms with Gasteiger partial charge in [0.1, 0.15) is 10.8 Å². The lowest BCUT2D eigenvalue weighted by atomic mass is 10.0. The summed E-state index contributed by atoms with van der Waals surface area (Å²) in [4.78, 5) is 36.7. The highest BCUT2D eigenvalue weighted by molar-refractivity contribution is 7.09. The van der Waals surface area contributed by atoms with Crippen LogP contribution in [0, 0.1) is 13.8 Å². The van der Waals surface area contributed by atoms with E-state index < -0.39 is 0 Å². The normalized spacial score (nSPS) is 10.7. The highest BCUT2D eigenvalue weighted by Crippen LogP contribution is 2.24. The molecule has 3 aromatic heterocycles. The summed E-state index contributed by atoms with van der Waals surface area (Å²) in [6, 6.07) is 21.2. The van der Waals surface area contributed by atoms with E-state index in [0.29, 0.717) is 41.5 Å². The Morgan fingerprint density at radius 1 is 0.957 bits per heavy atom. The van der Waals surface area contributed by atoms with Crippen molar-refractivity contribution in [2.75, 3.05) is 20.1 Å². The van der Waals surface area contributed by atoms with E-state index in [1.165, 1.54) is 22.5 Å². The summed E-state index contributed by atoms with van der Waals surface area (Å²) >= 11 is 1.52. The van der Waals surface area contributed by atoms with E-state index in [2.05, 4.69) is 59.6 Å². The Hall–Kier alpha value is -4.60. The molecule has 2 amide bonds. The number of nitrogens with one attached hydrogen (secondary N) is 2. The molecule has 8 nitrogen and oxygen atoms in total. The first-order chi connectivity index (χ1) is 22.2. The summed E-state index contributed by atoms with van der Waals surface area (Å²) in [6.45, 7) is 10.7. The van der Waals surface area contributed by atoms with Gasteiger partial charge in [0.15, 0.2) is 0 Å². The third-order valence-electron chi connectivity index (χ3n) is 7.20. The average Bonchev–Trinajstić information content (AvgIpc) is 3.75. The fourth-order valence-corrected chi connectivity index (χ4v) is 5.47. The van der Waals surface area contributed by atoms with Crippen LogP contribution in [0.5, 0.6) is 0 Å². The van der Waals surface area contributed by atoms with E-state index in [-0.39, 0.29) is 11.8 Å². The molecule has 240 valence electrons. The van der Waals surface area contributed by atoms with Crippen LogP contribution in [0.2, 0.25) is 0 Å². The van der Waals surface area contributed by atoms with Crippen LogP contribution in [0.15, 0.2) is 95.2 Å². The molecule has 9 heteroatoms. The van der Waals surface area contributed by atoms with Crippen molar-refractivity contribution in [3.8, 4) is 11.3 Å². The number of rotatable bonds is 12. The van der Waals surface area contributed by atoms with Gasteiger partial charge in [-0.3, -0.25) is 14.6 Å². The molecule has 0 aliphatic heterocycles. The van der Waals surface area contributed by atoms with Crippen LogP contribution < -0.4 is 10.6 Å². The second-order valence-corrected chi connectivity index (χ2v) is 12.5. The van der Waals surface area contributed by atoms with Crippen LogP contribution in [0.4, 0.5) is 0 Å². The molecule has 0 fully saturated rings. The summed E-state index contributed by atoms with van der Waals surface area (Å²) in [6.07, 6.45) is 6.12. The third-order valence-corrected chi connectivity index (χ3v) is 8.15. The lowest BCUT2D eigenvalue weighted by Crippen LogP contribution is -2.29. The Balaban J connectivity index is 0.000000606. The van der Waals surface area contributed by atoms with Gasteiger partial charge >= 0.3 is 0 Å². The number of aromatic nitrogens is 2. The Labute approximate surface area is 275 Å². The predicted molar refractivity (Wildman–Crippen MR) is 185 cm³/mol. The molecule has 0 bridgehead atoms. The zero-order valence-corrected chi connectivity index (χ0v) is 28.1. The molecule has 0 unspecified atom stereocenters. The maximum absolute atomic E-state index is 13.3. The quantitative estimate of drug-likeness (QED) is 0.138. The van der Waals surface area contributed by atoms with Crippen LogP contribution in [-0.2, 0) is 13.1 Å². The first-order valence-corrected chi connectivity index (χ1v) is 16.4. The third kappa shape index (κ3) is 10.5. The van der Waals surface area contributed by atoms with Crippen molar-refractivity contribution in [3.63, 3.8) is 0 Å². The molecule has 0 atom stereocenters. The van der Waals surface area contributed by atoms with Crippen LogP contribution in [-0.4, -0.2) is 46.8 Å². The summed E-state index contributed by atoms with van der Waals surface area (Å²) in [5.41, 5.74) is 6.13. The van der Waals surface area contributed by atoms with Gasteiger partial charge in [-0.05, 0) is 74.2 Å². The number of pyridine rings is 1. The molecule has 0 saturated carbocycles. The number of carbonyl (C=O) groups excluding carboxylic acids is 2. The van der Waals surface area contributed by atoms with Gasteiger partial charge in [0.05, 0.1) is 12.8 Å². The van der Waals surface area contributed by atoms with E-state index in [1.54, 1.807) is 42.5 Å². The Kier molecular flexibility index (Phi) is 12.8. The first-order valence-electron chi connectivity index (χ1n) is 15.5. The molecule has 2 aromatic carbocycles. The van der Waals surface area contributed by atoms with Crippen molar-refractivity contribution in [2.24, 2.45) is 0 Å². The number of hydrogen-bond acceptors (Lipinski definition) is 7. The maximum atomic E-state index is 13.3. The van der Waals surface area contributed by atoms with Crippen LogP contribution >= 0.6 is 11.3 Å². The van der Waals surface area contributed by atoms with Crippen molar-refractivity contribution in [1.82, 2.24) is 25.5 Å². The highest BCUT2D eigenvalue weighted by Gasteiger charge is 2.18. The van der Waals surface area contributed by atoms with Crippen molar-refractivity contribution in [3.05, 3.63) is 129 Å². The molecule has 46 heavy (non-hydrogen) atoms. The van der Waals surface area contributed by atoms with Gasteiger partial charge in [-0.15, -0.1) is 11.3 Å². The molecule has 5 rings (SSSR count). The van der Waals surface area contributed by atoms with Gasteiger partial charge in [0, 0.05) is 60.3 Å². The second-order valence-electron chi connectivity index (χ2n) is 11.5. The van der Waals surface area contributed by atoms with Crippen LogP contribution in [0.25, 0.3) is 11.3 Å². The predicted octanol–water partition coefficient (Wildman–Crippen LogP) is 7.41. The molecule has 0 aliphatic rings. The van der Waals surface area contributed by atoms with Crippen molar-refractivity contribution in [2.45, 2.75) is 53.1 Å². The number of carbonyl (C=O) groups is 2. The monoisotopic (exact) mass is 637 g/mol. The Morgan fingerprint density at radius 2 is 1.74 bits per heavy atom. The smallest absolute Gasteiger partial charge is 0.254 e. The first kappa shape index (κ1) is 34.3. The number of furan rings is 1. The standard InChI is InChI=1S/C30H35N5O3S.C7H8/c1-20(2)26-11-22(16-32-17-26)15-31-8-6-9-33-29(36)24-12-23(27-7-5-10-38-27)13-25(14-24)30(37)35(4)18-28-34-21(3)19-39-28;1-7-5-3-2-4-6-7/h5,7,10-14,16-17,19-20,31H,6,8-9,15,18H2,1-4H3,(H,33,36);2-6H,1H3. The number of hydrogen-bond donors (Lipinski definition) is 2. The molecule has 5 aromatic rings. The highest BCUT2D eigenvalue weighted by atomic mass is 32.1. The molecular weight excluding hydrogens is 595 g/mol. The van der Waals surface area contributed by atoms with Gasteiger partial charge in [-0.1, -0.05) is 55.8 Å². The molecule has 0 radical (unpaired) electrons. The van der Waals surface area contributed by atoms with E-state index in [1.807, 2.05) is 49.0 Å². The van der Waals surface area contributed by atoms with Crippen molar-refractivity contribution < 1.29 is 14.0 Å². The van der Waals surface area contributed by atoms with E-state index in [9.17, 15) is 9.59 Å². The zero-order chi connectivity index (χ0) is 32.9. The molecule has 3 heterocycles. The van der Waals surface area contributed by atoms with E-state index in [0.717, 1.165) is 35.8 Å². The van der Waals surface area contributed by atoms with E-state index in [4.69, 9.17) is 4.42 Å². The van der Waals surface area contributed by atoms with E-state index >= 15 is 0 Å². The Morgan fingerprint density at radius 3 is 2.39 bits per heavy atom. The number of thiazole rings is 1. The van der Waals surface area contributed by atoms with Crippen molar-refractivity contribution in [1.29, 1.82) is 0 Å². The average molecular weight is 638 g/mol. The summed E-state index contributed by atoms with van der Waals surface area (Å²) in [5.74, 6) is 0.615. The van der Waals surface area contributed by atoms with Gasteiger partial charge in [0.25, 0.3) is 11.8 Å². The fourth-order valence-electron chi connectivity index (χ4n) is 4.64. The number of aryl methyl sites for hydroxylation is 2. The lowest BCUT2D eigenvalue weighted by molar-refractivity contribution is 0.0785. The van der Waals surface area contributed by atoms with Gasteiger partial charge in [0.2, 0.25) is 0 Å². The van der Waals surface area contributed by atoms with Gasteiger partial charge in [-0.2, -0.15) is 0 Å². The number of amides is 2. The second kappa shape index (κ2) is 17.2. The van der Waals surface area contributed by atoms with Gasteiger partial charge < -0.3 is 20.0 Å². The number of benzene rings is 2. The SMILES string of the molecule is Cc1ccccc1.Cc1csc(CN(C)C(=O)c2cc(C(=O)NCCCNCc3cncc(C(C)C)c3)cc(-c3ccco3)c2)n1. The van der Waals surface area contributed by atoms with Crippen molar-refractivity contribution >= 4 is 23.2 Å². The topological polar surface area (TPSA) is 100 Å². The molecule has 0 aliphatic carbocycles. The lowest BCUT2D eigenvalue weighted by Gasteiger charge is -2.17. The molecule has 2 N–H and O–H groups in total. The summed E-state index contributed by atoms with van der Waals surface area (Å²) in [7, 11) is 1.74. The summed E-state index contributed by atoms with van der Waals surface area (Å²) < 4.78 is 5.55. The molecular formula is C37H43N5O3S.